The molecule has 1 aliphatic carbocycles. The van der Waals surface area contributed by atoms with E-state index in [-0.39, 0.29) is 33.9 Å². The van der Waals surface area contributed by atoms with Gasteiger partial charge in [-0.25, -0.2) is 17.8 Å². The largest absolute Gasteiger partial charge is 0.469 e. The van der Waals surface area contributed by atoms with Crippen molar-refractivity contribution >= 4 is 21.5 Å². The molecular formula is C38H47FN4O4S. The average Bonchev–Trinajstić information content (AvgIpc) is 3.74. The Labute approximate surface area is 284 Å². The molecule has 2 aromatic carbocycles. The van der Waals surface area contributed by atoms with Crippen LogP contribution in [0.5, 0.6) is 0 Å². The van der Waals surface area contributed by atoms with Crippen LogP contribution in [0, 0.1) is 41.2 Å². The highest BCUT2D eigenvalue weighted by atomic mass is 32.2. The molecule has 10 heteroatoms. The number of ether oxygens (including phenoxy) is 1. The van der Waals surface area contributed by atoms with Crippen molar-refractivity contribution in [2.75, 3.05) is 44.7 Å². The number of halogens is 1. The van der Waals surface area contributed by atoms with Crippen LogP contribution in [0.15, 0.2) is 65.8 Å². The maximum atomic E-state index is 15.1. The van der Waals surface area contributed by atoms with E-state index in [1.54, 1.807) is 18.2 Å². The van der Waals surface area contributed by atoms with E-state index in [2.05, 4.69) is 38.5 Å². The fourth-order valence-electron chi connectivity index (χ4n) is 9.00. The molecule has 3 atom stereocenters. The standard InChI is InChI=1S/C38H47FN4O4S/c1-4-36-40-18-21-42(36)27-38(31-9-7-10-32(39)23-31,35-11-6-8-29(35)22-37(44)47-3)30-16-19-41(20-17-30)24-28-25-43(26-28)33-12-14-34(15-13-33)48(45,46)5-2/h2,7,9-10,12-15,18,21,23,28-30,35H,4,6,8,11,16-17,19-20,22,24-27H2,1,3H3/t29-,35+,38+/m1/s1. The van der Waals surface area contributed by atoms with Gasteiger partial charge in [-0.1, -0.05) is 25.5 Å². The quantitative estimate of drug-likeness (QED) is 0.138. The molecule has 1 saturated carbocycles. The number of anilines is 1. The lowest BCUT2D eigenvalue weighted by atomic mass is 9.57. The number of hydrogen-bond acceptors (Lipinski definition) is 7. The molecule has 0 amide bonds. The molecule has 0 spiro atoms. The number of rotatable bonds is 12. The maximum Gasteiger partial charge on any atom is 0.305 e. The molecule has 2 saturated heterocycles. The summed E-state index contributed by atoms with van der Waals surface area (Å²) in [6.45, 7) is 7.63. The number of carbonyl (C=O) groups is 1. The van der Waals surface area contributed by atoms with Gasteiger partial charge in [-0.2, -0.15) is 0 Å². The fourth-order valence-corrected chi connectivity index (χ4v) is 9.63. The average molecular weight is 675 g/mol. The summed E-state index contributed by atoms with van der Waals surface area (Å²) >= 11 is 0. The van der Waals surface area contributed by atoms with Crippen molar-refractivity contribution in [1.82, 2.24) is 14.5 Å². The van der Waals surface area contributed by atoms with E-state index < -0.39 is 9.84 Å². The minimum absolute atomic E-state index is 0.149. The third-order valence-electron chi connectivity index (χ3n) is 11.3. The molecule has 2 aliphatic heterocycles. The van der Waals surface area contributed by atoms with Crippen LogP contribution in [-0.4, -0.2) is 68.7 Å². The zero-order chi connectivity index (χ0) is 33.9. The summed E-state index contributed by atoms with van der Waals surface area (Å²) in [5.74, 6) is 1.85. The van der Waals surface area contributed by atoms with Gasteiger partial charge in [0.15, 0.2) is 0 Å². The minimum atomic E-state index is -3.67. The van der Waals surface area contributed by atoms with Gasteiger partial charge in [-0.3, -0.25) is 4.79 Å². The van der Waals surface area contributed by atoms with Gasteiger partial charge >= 0.3 is 5.97 Å². The van der Waals surface area contributed by atoms with Gasteiger partial charge in [0.05, 0.1) is 12.0 Å². The first-order valence-electron chi connectivity index (χ1n) is 17.3. The molecule has 3 aliphatic rings. The van der Waals surface area contributed by atoms with E-state index >= 15 is 4.39 Å². The molecule has 0 radical (unpaired) electrons. The van der Waals surface area contributed by atoms with Crippen LogP contribution in [0.4, 0.5) is 10.1 Å². The summed E-state index contributed by atoms with van der Waals surface area (Å²) in [4.78, 5) is 22.3. The third kappa shape index (κ3) is 6.90. The number of likely N-dealkylation sites (tertiary alicyclic amines) is 1. The Morgan fingerprint density at radius 3 is 2.52 bits per heavy atom. The van der Waals surface area contributed by atoms with Crippen LogP contribution in [0.2, 0.25) is 0 Å². The van der Waals surface area contributed by atoms with Gasteiger partial charge in [0, 0.05) is 73.7 Å². The first kappa shape index (κ1) is 34.2. The van der Waals surface area contributed by atoms with E-state index in [9.17, 15) is 13.2 Å². The predicted octanol–water partition coefficient (Wildman–Crippen LogP) is 5.71. The first-order chi connectivity index (χ1) is 23.2. The number of nitrogens with zero attached hydrogens (tertiary/aromatic N) is 4. The highest BCUT2D eigenvalue weighted by Gasteiger charge is 2.52. The lowest BCUT2D eigenvalue weighted by molar-refractivity contribution is -0.142. The van der Waals surface area contributed by atoms with E-state index in [0.29, 0.717) is 24.8 Å². The highest BCUT2D eigenvalue weighted by Crippen LogP contribution is 2.54. The molecule has 256 valence electrons. The second-order valence-corrected chi connectivity index (χ2v) is 15.6. The molecule has 0 N–H and O–H groups in total. The minimum Gasteiger partial charge on any atom is -0.469 e. The van der Waals surface area contributed by atoms with Crippen molar-refractivity contribution in [3.8, 4) is 11.7 Å². The Balaban J connectivity index is 1.20. The summed E-state index contributed by atoms with van der Waals surface area (Å²) in [6.07, 6.45) is 15.3. The summed E-state index contributed by atoms with van der Waals surface area (Å²) in [6, 6.07) is 14.1. The molecule has 3 heterocycles. The van der Waals surface area contributed by atoms with Crippen LogP contribution in [0.3, 0.4) is 0 Å². The number of sulfone groups is 1. The Morgan fingerprint density at radius 1 is 1.10 bits per heavy atom. The topological polar surface area (TPSA) is 84.7 Å². The van der Waals surface area contributed by atoms with Crippen molar-refractivity contribution in [1.29, 1.82) is 0 Å². The van der Waals surface area contributed by atoms with Gasteiger partial charge < -0.3 is 19.1 Å². The SMILES string of the molecule is C#CS(=O)(=O)c1ccc(N2CC(CN3CCC([C@@](Cn4ccnc4CC)(c4cccc(F)c4)[C@H]4CCC[C@@H]4CC(=O)OC)CC3)C2)cc1. The number of aromatic nitrogens is 2. The second-order valence-electron chi connectivity index (χ2n) is 13.9. The third-order valence-corrected chi connectivity index (χ3v) is 12.5. The lowest BCUT2D eigenvalue weighted by Gasteiger charge is -2.51. The number of benzene rings is 2. The van der Waals surface area contributed by atoms with Crippen LogP contribution < -0.4 is 4.90 Å². The Hall–Kier alpha value is -3.68. The smallest absolute Gasteiger partial charge is 0.305 e. The number of methoxy groups -OCH3 is 1. The van der Waals surface area contributed by atoms with Crippen molar-refractivity contribution in [3.63, 3.8) is 0 Å². The zero-order valence-corrected chi connectivity index (χ0v) is 28.9. The Kier molecular flexibility index (Phi) is 10.3. The summed E-state index contributed by atoms with van der Waals surface area (Å²) in [7, 11) is -2.21. The van der Waals surface area contributed by atoms with E-state index in [0.717, 1.165) is 88.3 Å². The fraction of sp³-hybridized carbons (Fsp3) is 0.526. The molecule has 48 heavy (non-hydrogen) atoms. The number of imidazole rings is 1. The Morgan fingerprint density at radius 2 is 1.85 bits per heavy atom. The van der Waals surface area contributed by atoms with Gasteiger partial charge in [-0.15, -0.1) is 6.42 Å². The normalized spacial score (nSPS) is 22.2. The van der Waals surface area contributed by atoms with Crippen molar-refractivity contribution in [2.24, 2.45) is 23.7 Å². The number of carbonyl (C=O) groups excluding carboxylic acids is 1. The molecular weight excluding hydrogens is 628 g/mol. The maximum absolute atomic E-state index is 15.1. The number of terminal acetylenes is 1. The monoisotopic (exact) mass is 674 g/mol. The van der Waals surface area contributed by atoms with Gasteiger partial charge in [0.1, 0.15) is 11.6 Å². The molecule has 1 aromatic heterocycles. The summed E-state index contributed by atoms with van der Waals surface area (Å²) in [5, 5.41) is 1.87. The molecule has 6 rings (SSSR count). The first-order valence-corrected chi connectivity index (χ1v) is 18.8. The molecule has 0 bridgehead atoms. The highest BCUT2D eigenvalue weighted by molar-refractivity contribution is 7.96. The van der Waals surface area contributed by atoms with E-state index in [1.807, 2.05) is 29.6 Å². The van der Waals surface area contributed by atoms with Gasteiger partial charge in [0.25, 0.3) is 0 Å². The van der Waals surface area contributed by atoms with Gasteiger partial charge in [-0.05, 0) is 98.5 Å². The number of piperidine rings is 1. The number of aryl methyl sites for hydroxylation is 1. The van der Waals surface area contributed by atoms with Gasteiger partial charge in [0.2, 0.25) is 9.84 Å². The van der Waals surface area contributed by atoms with Crippen LogP contribution >= 0.6 is 0 Å². The van der Waals surface area contributed by atoms with Crippen molar-refractivity contribution < 1.29 is 22.3 Å². The molecule has 0 unspecified atom stereocenters. The Bertz CT molecular complexity index is 1720. The second kappa shape index (κ2) is 14.4. The van der Waals surface area contributed by atoms with Crippen molar-refractivity contribution in [3.05, 3.63) is 78.1 Å². The van der Waals surface area contributed by atoms with E-state index in [1.165, 1.54) is 13.2 Å². The molecule has 3 aromatic rings. The summed E-state index contributed by atoms with van der Waals surface area (Å²) < 4.78 is 46.5. The van der Waals surface area contributed by atoms with Crippen molar-refractivity contribution in [2.45, 2.75) is 68.7 Å². The summed E-state index contributed by atoms with van der Waals surface area (Å²) in [5.41, 5.74) is 1.68. The number of esters is 1. The predicted molar refractivity (Wildman–Crippen MR) is 184 cm³/mol. The molecule has 3 fully saturated rings. The van der Waals surface area contributed by atoms with Crippen LogP contribution in [0.25, 0.3) is 0 Å². The zero-order valence-electron chi connectivity index (χ0n) is 28.1. The molecule has 8 nitrogen and oxygen atoms in total. The van der Waals surface area contributed by atoms with Crippen LogP contribution in [0.1, 0.15) is 56.8 Å². The van der Waals surface area contributed by atoms with Crippen LogP contribution in [-0.2, 0) is 37.7 Å². The number of hydrogen-bond donors (Lipinski definition) is 0. The van der Waals surface area contributed by atoms with E-state index in [4.69, 9.17) is 11.2 Å². The lowest BCUT2D eigenvalue weighted by Crippen LogP contribution is -2.55.